The molecule has 2 aliphatic heterocycles. The summed E-state index contributed by atoms with van der Waals surface area (Å²) in [6.45, 7) is 6.54. The van der Waals surface area contributed by atoms with Crippen molar-refractivity contribution >= 4 is 11.7 Å². The topological polar surface area (TPSA) is 59.1 Å². The van der Waals surface area contributed by atoms with Crippen LogP contribution in [0.25, 0.3) is 0 Å². The van der Waals surface area contributed by atoms with Crippen molar-refractivity contribution in [2.24, 2.45) is 0 Å². The van der Waals surface area contributed by atoms with Crippen molar-refractivity contribution in [1.82, 2.24) is 14.7 Å². The molecular formula is C23H29FN4O2. The molecule has 0 bridgehead atoms. The first kappa shape index (κ1) is 20.8. The fourth-order valence-electron chi connectivity index (χ4n) is 4.68. The number of nitrogens with zero attached hydrogens (tertiary/aromatic N) is 3. The minimum Gasteiger partial charge on any atom is -0.394 e. The van der Waals surface area contributed by atoms with Crippen LogP contribution in [0.15, 0.2) is 54.6 Å². The maximum absolute atomic E-state index is 13.1. The molecular weight excluding hydrogens is 383 g/mol. The Morgan fingerprint density at radius 3 is 2.57 bits per heavy atom. The first-order valence-corrected chi connectivity index (χ1v) is 10.4. The van der Waals surface area contributed by atoms with E-state index < -0.39 is 0 Å². The van der Waals surface area contributed by atoms with Crippen LogP contribution in [-0.4, -0.2) is 76.7 Å². The van der Waals surface area contributed by atoms with Crippen LogP contribution in [0.2, 0.25) is 0 Å². The van der Waals surface area contributed by atoms with Crippen molar-refractivity contribution in [3.8, 4) is 0 Å². The number of nitrogens with one attached hydrogen (secondary N) is 1. The number of piperazine rings is 2. The SMILES string of the molecule is C[C@@]1(CO)CN(Cc2ccccc2)C[C@@H]2CN(C(=O)Nc3ccc(F)cc3)CCN21. The molecule has 2 fully saturated rings. The molecule has 0 saturated carbocycles. The van der Waals surface area contributed by atoms with E-state index in [0.717, 1.165) is 26.2 Å². The zero-order valence-electron chi connectivity index (χ0n) is 17.3. The monoisotopic (exact) mass is 412 g/mol. The molecule has 4 rings (SSSR count). The van der Waals surface area contributed by atoms with E-state index >= 15 is 0 Å². The summed E-state index contributed by atoms with van der Waals surface area (Å²) < 4.78 is 13.1. The highest BCUT2D eigenvalue weighted by Crippen LogP contribution is 2.29. The summed E-state index contributed by atoms with van der Waals surface area (Å²) in [4.78, 5) is 19.3. The number of aliphatic hydroxyl groups excluding tert-OH is 1. The first-order chi connectivity index (χ1) is 14.5. The van der Waals surface area contributed by atoms with Gasteiger partial charge in [0.1, 0.15) is 5.82 Å². The summed E-state index contributed by atoms with van der Waals surface area (Å²) in [5.41, 5.74) is 1.49. The largest absolute Gasteiger partial charge is 0.394 e. The van der Waals surface area contributed by atoms with E-state index in [-0.39, 0.29) is 30.0 Å². The molecule has 0 unspecified atom stereocenters. The quantitative estimate of drug-likeness (QED) is 0.811. The Hall–Kier alpha value is -2.48. The highest BCUT2D eigenvalue weighted by Gasteiger charge is 2.45. The van der Waals surface area contributed by atoms with E-state index in [1.165, 1.54) is 17.7 Å². The van der Waals surface area contributed by atoms with Crippen LogP contribution < -0.4 is 5.32 Å². The number of hydrogen-bond donors (Lipinski definition) is 2. The van der Waals surface area contributed by atoms with E-state index in [0.29, 0.717) is 18.8 Å². The Bertz CT molecular complexity index is 863. The Kier molecular flexibility index (Phi) is 6.04. The van der Waals surface area contributed by atoms with Crippen LogP contribution in [0.1, 0.15) is 12.5 Å². The van der Waals surface area contributed by atoms with Crippen LogP contribution in [0.4, 0.5) is 14.9 Å². The summed E-state index contributed by atoms with van der Waals surface area (Å²) in [5, 5.41) is 13.0. The highest BCUT2D eigenvalue weighted by molar-refractivity contribution is 5.89. The molecule has 0 spiro atoms. The van der Waals surface area contributed by atoms with Gasteiger partial charge in [0, 0.05) is 51.0 Å². The third-order valence-electron chi connectivity index (χ3n) is 6.18. The van der Waals surface area contributed by atoms with E-state index in [2.05, 4.69) is 34.2 Å². The van der Waals surface area contributed by atoms with Gasteiger partial charge in [0.05, 0.1) is 12.1 Å². The van der Waals surface area contributed by atoms with Crippen LogP contribution in [0.5, 0.6) is 0 Å². The average molecular weight is 413 g/mol. The molecule has 2 aromatic carbocycles. The van der Waals surface area contributed by atoms with Crippen LogP contribution in [-0.2, 0) is 6.54 Å². The molecule has 2 saturated heterocycles. The predicted molar refractivity (Wildman–Crippen MR) is 115 cm³/mol. The zero-order valence-corrected chi connectivity index (χ0v) is 17.3. The van der Waals surface area contributed by atoms with Crippen molar-refractivity contribution in [3.63, 3.8) is 0 Å². The second-order valence-corrected chi connectivity index (χ2v) is 8.54. The van der Waals surface area contributed by atoms with Gasteiger partial charge >= 0.3 is 6.03 Å². The molecule has 2 aromatic rings. The molecule has 0 aliphatic carbocycles. The molecule has 160 valence electrons. The normalized spacial score (nSPS) is 25.0. The number of hydrogen-bond acceptors (Lipinski definition) is 4. The van der Waals surface area contributed by atoms with Crippen molar-refractivity contribution in [2.45, 2.75) is 25.0 Å². The summed E-state index contributed by atoms with van der Waals surface area (Å²) in [6, 6.07) is 16.1. The van der Waals surface area contributed by atoms with Crippen LogP contribution in [0, 0.1) is 5.82 Å². The number of anilines is 1. The lowest BCUT2D eigenvalue weighted by atomic mass is 9.91. The van der Waals surface area contributed by atoms with Crippen LogP contribution in [0.3, 0.4) is 0 Å². The van der Waals surface area contributed by atoms with Gasteiger partial charge in [0.2, 0.25) is 0 Å². The van der Waals surface area contributed by atoms with Crippen molar-refractivity contribution in [1.29, 1.82) is 0 Å². The molecule has 30 heavy (non-hydrogen) atoms. The van der Waals surface area contributed by atoms with E-state index in [9.17, 15) is 14.3 Å². The van der Waals surface area contributed by atoms with E-state index in [1.807, 2.05) is 23.1 Å². The Morgan fingerprint density at radius 1 is 1.13 bits per heavy atom. The standard InChI is InChI=1S/C23H29FN4O2/c1-23(17-29)16-26(13-18-5-3-2-4-6-18)14-21-15-27(11-12-28(21)23)22(30)25-20-9-7-19(24)8-10-20/h2-10,21,29H,11-17H2,1H3,(H,25,30)/t21-,23+/m1/s1. The lowest BCUT2D eigenvalue weighted by molar-refractivity contribution is -0.0871. The van der Waals surface area contributed by atoms with Gasteiger partial charge in [-0.1, -0.05) is 30.3 Å². The van der Waals surface area contributed by atoms with Gasteiger partial charge in [-0.25, -0.2) is 9.18 Å². The molecule has 6 nitrogen and oxygen atoms in total. The van der Waals surface area contributed by atoms with Crippen molar-refractivity contribution in [3.05, 3.63) is 66.0 Å². The van der Waals surface area contributed by atoms with Gasteiger partial charge in [-0.15, -0.1) is 0 Å². The minimum absolute atomic E-state index is 0.0799. The van der Waals surface area contributed by atoms with Gasteiger partial charge in [0.25, 0.3) is 0 Å². The Labute approximate surface area is 176 Å². The van der Waals surface area contributed by atoms with Crippen LogP contribution >= 0.6 is 0 Å². The minimum atomic E-state index is -0.336. The molecule has 2 amide bonds. The molecule has 2 N–H and O–H groups in total. The molecule has 2 heterocycles. The smallest absolute Gasteiger partial charge is 0.321 e. The predicted octanol–water partition coefficient (Wildman–Crippen LogP) is 2.61. The molecule has 0 aromatic heterocycles. The summed E-state index contributed by atoms with van der Waals surface area (Å²) in [7, 11) is 0. The fraction of sp³-hybridized carbons (Fsp3) is 0.435. The van der Waals surface area contributed by atoms with Crippen molar-refractivity contribution < 1.29 is 14.3 Å². The average Bonchev–Trinajstić information content (AvgIpc) is 2.75. The number of carbonyl (C=O) groups is 1. The Balaban J connectivity index is 1.44. The molecule has 7 heteroatoms. The van der Waals surface area contributed by atoms with Crippen molar-refractivity contribution in [2.75, 3.05) is 44.6 Å². The number of aliphatic hydroxyl groups is 1. The second-order valence-electron chi connectivity index (χ2n) is 8.54. The maximum atomic E-state index is 13.1. The molecule has 0 radical (unpaired) electrons. The number of carbonyl (C=O) groups excluding carboxylic acids is 1. The highest BCUT2D eigenvalue weighted by atomic mass is 19.1. The number of fused-ring (bicyclic) bond motifs is 1. The van der Waals surface area contributed by atoms with Gasteiger partial charge in [-0.05, 0) is 36.8 Å². The lowest BCUT2D eigenvalue weighted by Crippen LogP contribution is -2.72. The van der Waals surface area contributed by atoms with Gasteiger partial charge < -0.3 is 15.3 Å². The number of rotatable bonds is 4. The summed E-state index contributed by atoms with van der Waals surface area (Å²) in [5.74, 6) is -0.328. The summed E-state index contributed by atoms with van der Waals surface area (Å²) in [6.07, 6.45) is 0. The Morgan fingerprint density at radius 2 is 1.87 bits per heavy atom. The molecule has 2 atom stereocenters. The summed E-state index contributed by atoms with van der Waals surface area (Å²) >= 11 is 0. The van der Waals surface area contributed by atoms with E-state index in [4.69, 9.17) is 0 Å². The number of urea groups is 1. The van der Waals surface area contributed by atoms with Gasteiger partial charge in [-0.2, -0.15) is 0 Å². The third kappa shape index (κ3) is 4.48. The van der Waals surface area contributed by atoms with E-state index in [1.54, 1.807) is 12.1 Å². The third-order valence-corrected chi connectivity index (χ3v) is 6.18. The number of halogens is 1. The zero-order chi connectivity index (χ0) is 21.1. The number of benzene rings is 2. The van der Waals surface area contributed by atoms with Gasteiger partial charge in [0.15, 0.2) is 0 Å². The molecule has 2 aliphatic rings. The second kappa shape index (κ2) is 8.71. The first-order valence-electron chi connectivity index (χ1n) is 10.4. The number of amides is 2. The maximum Gasteiger partial charge on any atom is 0.321 e. The van der Waals surface area contributed by atoms with Gasteiger partial charge in [-0.3, -0.25) is 9.80 Å². The lowest BCUT2D eigenvalue weighted by Gasteiger charge is -2.56. The fourth-order valence-corrected chi connectivity index (χ4v) is 4.68.